The number of nitrogens with one attached hydrogen (secondary N) is 1. The zero-order chi connectivity index (χ0) is 19.5. The third-order valence-electron chi connectivity index (χ3n) is 4.13. The van der Waals surface area contributed by atoms with E-state index in [0.29, 0.717) is 0 Å². The lowest BCUT2D eigenvalue weighted by Crippen LogP contribution is -2.27. The van der Waals surface area contributed by atoms with E-state index in [-0.39, 0.29) is 9.79 Å². The van der Waals surface area contributed by atoms with E-state index in [4.69, 9.17) is 0 Å². The summed E-state index contributed by atoms with van der Waals surface area (Å²) in [5, 5.41) is 0. The Bertz CT molecular complexity index is 949. The molecular weight excluding hydrogens is 372 g/mol. The van der Waals surface area contributed by atoms with E-state index in [0.717, 1.165) is 16.3 Å². The van der Waals surface area contributed by atoms with Crippen molar-refractivity contribution in [3.63, 3.8) is 0 Å². The highest BCUT2D eigenvalue weighted by atomic mass is 32.2. The Labute approximate surface area is 156 Å². The average Bonchev–Trinajstić information content (AvgIpc) is 2.61. The van der Waals surface area contributed by atoms with E-state index < -0.39 is 26.1 Å². The van der Waals surface area contributed by atoms with Gasteiger partial charge in [-0.05, 0) is 48.7 Å². The molecule has 6 nitrogen and oxygen atoms in total. The molecule has 2 aromatic rings. The lowest BCUT2D eigenvalue weighted by Gasteiger charge is -2.16. The molecule has 0 spiro atoms. The molecule has 2 rings (SSSR count). The van der Waals surface area contributed by atoms with Gasteiger partial charge in [-0.15, -0.1) is 0 Å². The summed E-state index contributed by atoms with van der Waals surface area (Å²) in [6.45, 7) is 3.82. The first-order valence-electron chi connectivity index (χ1n) is 8.21. The fourth-order valence-electron chi connectivity index (χ4n) is 2.41. The Balaban J connectivity index is 2.21. The minimum absolute atomic E-state index is 0.0206. The summed E-state index contributed by atoms with van der Waals surface area (Å²) in [5.41, 5.74) is 2.04. The number of aryl methyl sites for hydroxylation is 1. The van der Waals surface area contributed by atoms with Crippen LogP contribution in [0.5, 0.6) is 0 Å². The maximum Gasteiger partial charge on any atom is 0.242 e. The topological polar surface area (TPSA) is 83.5 Å². The Morgan fingerprint density at radius 1 is 0.885 bits per heavy atom. The summed E-state index contributed by atoms with van der Waals surface area (Å²) in [7, 11) is -4.51. The number of benzene rings is 2. The fraction of sp³-hybridized carbons (Fsp3) is 0.333. The SMILES string of the molecule is CCc1ccc(C(C)NS(=O)(=O)c2ccc(S(=O)(=O)N(C)C)cc2)cc1. The molecule has 1 atom stereocenters. The smallest absolute Gasteiger partial charge is 0.207 e. The molecule has 0 aliphatic rings. The molecule has 0 amide bonds. The highest BCUT2D eigenvalue weighted by Gasteiger charge is 2.21. The third-order valence-corrected chi connectivity index (χ3v) is 7.52. The quantitative estimate of drug-likeness (QED) is 0.780. The second-order valence-corrected chi connectivity index (χ2v) is 10.1. The predicted molar refractivity (Wildman–Crippen MR) is 102 cm³/mol. The van der Waals surface area contributed by atoms with E-state index >= 15 is 0 Å². The summed E-state index contributed by atoms with van der Waals surface area (Å²) in [4.78, 5) is 0.0666. The van der Waals surface area contributed by atoms with Crippen molar-refractivity contribution in [3.05, 3.63) is 59.7 Å². The summed E-state index contributed by atoms with van der Waals surface area (Å²) in [5.74, 6) is 0. The summed E-state index contributed by atoms with van der Waals surface area (Å²) in [6, 6.07) is 12.5. The average molecular weight is 397 g/mol. The Morgan fingerprint density at radius 2 is 1.38 bits per heavy atom. The lowest BCUT2D eigenvalue weighted by molar-refractivity contribution is 0.520. The number of rotatable bonds is 7. The van der Waals surface area contributed by atoms with Gasteiger partial charge >= 0.3 is 0 Å². The first kappa shape index (κ1) is 20.6. The lowest BCUT2D eigenvalue weighted by atomic mass is 10.1. The van der Waals surface area contributed by atoms with Crippen molar-refractivity contribution in [2.45, 2.75) is 36.1 Å². The van der Waals surface area contributed by atoms with Gasteiger partial charge in [0.2, 0.25) is 20.0 Å². The van der Waals surface area contributed by atoms with Gasteiger partial charge in [0.1, 0.15) is 0 Å². The first-order valence-corrected chi connectivity index (χ1v) is 11.1. The van der Waals surface area contributed by atoms with E-state index in [1.165, 1.54) is 43.9 Å². The van der Waals surface area contributed by atoms with Crippen LogP contribution in [0.15, 0.2) is 58.3 Å². The molecule has 8 heteroatoms. The molecule has 0 bridgehead atoms. The van der Waals surface area contributed by atoms with Gasteiger partial charge in [0.05, 0.1) is 9.79 Å². The molecule has 1 unspecified atom stereocenters. The van der Waals surface area contributed by atoms with Gasteiger partial charge < -0.3 is 0 Å². The number of hydrogen-bond acceptors (Lipinski definition) is 4. The van der Waals surface area contributed by atoms with Crippen molar-refractivity contribution in [1.29, 1.82) is 0 Å². The second kappa shape index (κ2) is 7.87. The maximum atomic E-state index is 12.6. The molecular formula is C18H24N2O4S2. The van der Waals surface area contributed by atoms with Gasteiger partial charge in [0, 0.05) is 20.1 Å². The molecule has 0 aliphatic carbocycles. The van der Waals surface area contributed by atoms with Crippen molar-refractivity contribution >= 4 is 20.0 Å². The molecule has 0 saturated carbocycles. The predicted octanol–water partition coefficient (Wildman–Crippen LogP) is 2.54. The fourth-order valence-corrected chi connectivity index (χ4v) is 4.55. The van der Waals surface area contributed by atoms with Crippen LogP contribution >= 0.6 is 0 Å². The van der Waals surface area contributed by atoms with Crippen LogP contribution in [0.1, 0.15) is 31.0 Å². The minimum atomic E-state index is -3.76. The number of sulfonamides is 2. The molecule has 0 fully saturated rings. The second-order valence-electron chi connectivity index (χ2n) is 6.20. The van der Waals surface area contributed by atoms with Crippen LogP contribution in [-0.4, -0.2) is 35.2 Å². The largest absolute Gasteiger partial charge is 0.242 e. The van der Waals surface area contributed by atoms with Gasteiger partial charge in [-0.1, -0.05) is 31.2 Å². The van der Waals surface area contributed by atoms with Crippen LogP contribution in [0.25, 0.3) is 0 Å². The zero-order valence-corrected chi connectivity index (χ0v) is 16.9. The van der Waals surface area contributed by atoms with Crippen molar-refractivity contribution in [2.75, 3.05) is 14.1 Å². The molecule has 2 aromatic carbocycles. The molecule has 0 aliphatic heterocycles. The zero-order valence-electron chi connectivity index (χ0n) is 15.3. The normalized spacial score (nSPS) is 13.7. The number of nitrogens with zero attached hydrogens (tertiary/aromatic N) is 1. The summed E-state index contributed by atoms with van der Waals surface area (Å²) in [6.07, 6.45) is 0.919. The molecule has 0 heterocycles. The standard InChI is InChI=1S/C18H24N2O4S2/c1-5-15-6-8-16(9-7-15)14(2)19-25(21,22)17-10-12-18(13-11-17)26(23,24)20(3)4/h6-14,19H,5H2,1-4H3. The van der Waals surface area contributed by atoms with Gasteiger partial charge in [-0.2, -0.15) is 0 Å². The van der Waals surface area contributed by atoms with Gasteiger partial charge in [-0.3, -0.25) is 0 Å². The van der Waals surface area contributed by atoms with Crippen LogP contribution in [0, 0.1) is 0 Å². The maximum absolute atomic E-state index is 12.6. The Morgan fingerprint density at radius 3 is 1.85 bits per heavy atom. The summed E-state index contributed by atoms with van der Waals surface area (Å²) >= 11 is 0. The van der Waals surface area contributed by atoms with Crippen LogP contribution < -0.4 is 4.72 Å². The molecule has 0 aromatic heterocycles. The Hall–Kier alpha value is -1.74. The van der Waals surface area contributed by atoms with Gasteiger partial charge in [0.25, 0.3) is 0 Å². The van der Waals surface area contributed by atoms with E-state index in [1.54, 1.807) is 6.92 Å². The molecule has 142 valence electrons. The summed E-state index contributed by atoms with van der Waals surface area (Å²) < 4.78 is 53.0. The van der Waals surface area contributed by atoms with Crippen molar-refractivity contribution in [2.24, 2.45) is 0 Å². The molecule has 0 radical (unpaired) electrons. The molecule has 1 N–H and O–H groups in total. The number of hydrogen-bond donors (Lipinski definition) is 1. The third kappa shape index (κ3) is 4.50. The minimum Gasteiger partial charge on any atom is -0.207 e. The highest BCUT2D eigenvalue weighted by Crippen LogP contribution is 2.20. The van der Waals surface area contributed by atoms with Crippen molar-refractivity contribution in [1.82, 2.24) is 9.03 Å². The van der Waals surface area contributed by atoms with E-state index in [9.17, 15) is 16.8 Å². The monoisotopic (exact) mass is 396 g/mol. The van der Waals surface area contributed by atoms with Crippen molar-refractivity contribution in [3.8, 4) is 0 Å². The van der Waals surface area contributed by atoms with Crippen LogP contribution in [0.2, 0.25) is 0 Å². The van der Waals surface area contributed by atoms with Crippen LogP contribution in [-0.2, 0) is 26.5 Å². The molecule has 0 saturated heterocycles. The van der Waals surface area contributed by atoms with Crippen LogP contribution in [0.3, 0.4) is 0 Å². The van der Waals surface area contributed by atoms with Crippen molar-refractivity contribution < 1.29 is 16.8 Å². The van der Waals surface area contributed by atoms with Gasteiger partial charge in [-0.25, -0.2) is 25.9 Å². The molecule has 26 heavy (non-hydrogen) atoms. The van der Waals surface area contributed by atoms with Gasteiger partial charge in [0.15, 0.2) is 0 Å². The van der Waals surface area contributed by atoms with E-state index in [1.807, 2.05) is 24.3 Å². The van der Waals surface area contributed by atoms with E-state index in [2.05, 4.69) is 11.6 Å². The highest BCUT2D eigenvalue weighted by molar-refractivity contribution is 7.89. The Kier molecular flexibility index (Phi) is 6.23. The van der Waals surface area contributed by atoms with Crippen LogP contribution in [0.4, 0.5) is 0 Å². The first-order chi connectivity index (χ1) is 12.1.